The van der Waals surface area contributed by atoms with E-state index in [0.717, 1.165) is 48.1 Å². The molecule has 7 heteroatoms. The molecule has 3 amide bonds. The van der Waals surface area contributed by atoms with Crippen LogP contribution >= 0.6 is 0 Å². The number of carbonyl (C=O) groups excluding carboxylic acids is 2. The first kappa shape index (κ1) is 28.3. The number of urea groups is 1. The monoisotopic (exact) mass is 529 g/mol. The van der Waals surface area contributed by atoms with Gasteiger partial charge >= 0.3 is 6.03 Å². The molecule has 3 aromatic carbocycles. The van der Waals surface area contributed by atoms with E-state index in [4.69, 9.17) is 4.74 Å². The third kappa shape index (κ3) is 7.91. The fourth-order valence-corrected chi connectivity index (χ4v) is 5.31. The SMILES string of the molecule is COCCN(Cc1ccc(C2CCCCC2C(=O)NC(CO)c2ccccc2)cc1)C(=O)Nc1ccccc1. The summed E-state index contributed by atoms with van der Waals surface area (Å²) in [5.74, 6) is -0.0268. The van der Waals surface area contributed by atoms with Crippen LogP contribution in [0.5, 0.6) is 0 Å². The summed E-state index contributed by atoms with van der Waals surface area (Å²) in [5, 5.41) is 16.0. The smallest absolute Gasteiger partial charge is 0.322 e. The zero-order valence-electron chi connectivity index (χ0n) is 22.6. The molecule has 39 heavy (non-hydrogen) atoms. The molecule has 1 fully saturated rings. The Morgan fingerprint density at radius 2 is 1.62 bits per heavy atom. The fraction of sp³-hybridized carbons (Fsp3) is 0.375. The molecular weight excluding hydrogens is 490 g/mol. The Labute approximate surface area is 231 Å². The van der Waals surface area contributed by atoms with Crippen LogP contribution in [-0.2, 0) is 16.1 Å². The number of methoxy groups -OCH3 is 1. The first-order chi connectivity index (χ1) is 19.1. The standard InChI is InChI=1S/C32H39N3O4/c1-39-21-20-35(32(38)33-27-12-6-3-7-13-27)22-24-16-18-25(19-17-24)28-14-8-9-15-29(28)31(37)34-30(23-36)26-10-4-2-5-11-26/h2-7,10-13,16-19,28-30,36H,8-9,14-15,20-23H2,1H3,(H,33,38)(H,34,37). The van der Waals surface area contributed by atoms with Gasteiger partial charge in [-0.1, -0.05) is 85.6 Å². The van der Waals surface area contributed by atoms with Crippen molar-refractivity contribution in [3.8, 4) is 0 Å². The van der Waals surface area contributed by atoms with Crippen molar-refractivity contribution in [2.75, 3.05) is 32.2 Å². The van der Waals surface area contributed by atoms with E-state index < -0.39 is 6.04 Å². The highest BCUT2D eigenvalue weighted by Crippen LogP contribution is 2.38. The van der Waals surface area contributed by atoms with Crippen LogP contribution in [0, 0.1) is 5.92 Å². The molecule has 0 radical (unpaired) electrons. The van der Waals surface area contributed by atoms with Crippen molar-refractivity contribution in [3.05, 3.63) is 102 Å². The van der Waals surface area contributed by atoms with Crippen molar-refractivity contribution in [3.63, 3.8) is 0 Å². The maximum absolute atomic E-state index is 13.4. The van der Waals surface area contributed by atoms with Crippen molar-refractivity contribution in [2.45, 2.75) is 44.2 Å². The van der Waals surface area contributed by atoms with Gasteiger partial charge in [-0.15, -0.1) is 0 Å². The van der Waals surface area contributed by atoms with Crippen LogP contribution in [-0.4, -0.2) is 48.8 Å². The number of hydrogen-bond acceptors (Lipinski definition) is 4. The third-order valence-electron chi connectivity index (χ3n) is 7.46. The van der Waals surface area contributed by atoms with Gasteiger partial charge in [0.15, 0.2) is 0 Å². The minimum Gasteiger partial charge on any atom is -0.394 e. The van der Waals surface area contributed by atoms with E-state index in [2.05, 4.69) is 34.9 Å². The van der Waals surface area contributed by atoms with E-state index in [-0.39, 0.29) is 30.4 Å². The lowest BCUT2D eigenvalue weighted by molar-refractivity contribution is -0.127. The van der Waals surface area contributed by atoms with Gasteiger partial charge in [-0.05, 0) is 47.6 Å². The van der Waals surface area contributed by atoms with Gasteiger partial charge in [0.25, 0.3) is 0 Å². The van der Waals surface area contributed by atoms with Gasteiger partial charge in [-0.2, -0.15) is 0 Å². The average molecular weight is 530 g/mol. The predicted octanol–water partition coefficient (Wildman–Crippen LogP) is 5.49. The second-order valence-electron chi connectivity index (χ2n) is 10.1. The first-order valence-corrected chi connectivity index (χ1v) is 13.7. The second kappa shape index (κ2) is 14.5. The number of nitrogens with one attached hydrogen (secondary N) is 2. The highest BCUT2D eigenvalue weighted by Gasteiger charge is 2.33. The van der Waals surface area contributed by atoms with Crippen LogP contribution in [0.4, 0.5) is 10.5 Å². The van der Waals surface area contributed by atoms with Crippen LogP contribution in [0.3, 0.4) is 0 Å². The predicted molar refractivity (Wildman–Crippen MR) is 153 cm³/mol. The number of amides is 3. The highest BCUT2D eigenvalue weighted by atomic mass is 16.5. The lowest BCUT2D eigenvalue weighted by Crippen LogP contribution is -2.39. The molecule has 206 valence electrons. The van der Waals surface area contributed by atoms with Gasteiger partial charge in [0.2, 0.25) is 5.91 Å². The minimum absolute atomic E-state index is 0.00463. The van der Waals surface area contributed by atoms with Gasteiger partial charge in [0.1, 0.15) is 0 Å². The number of ether oxygens (including phenoxy) is 1. The summed E-state index contributed by atoms with van der Waals surface area (Å²) in [6.45, 7) is 1.22. The second-order valence-corrected chi connectivity index (χ2v) is 10.1. The molecule has 3 aromatic rings. The number of rotatable bonds is 11. The quantitative estimate of drug-likeness (QED) is 0.306. The van der Waals surface area contributed by atoms with Gasteiger partial charge in [0.05, 0.1) is 19.3 Å². The molecule has 3 atom stereocenters. The molecule has 0 spiro atoms. The largest absolute Gasteiger partial charge is 0.394 e. The summed E-state index contributed by atoms with van der Waals surface area (Å²) in [6.07, 6.45) is 3.89. The summed E-state index contributed by atoms with van der Waals surface area (Å²) in [5.41, 5.74) is 3.80. The molecule has 0 bridgehead atoms. The summed E-state index contributed by atoms with van der Waals surface area (Å²) in [6, 6.07) is 26.7. The summed E-state index contributed by atoms with van der Waals surface area (Å²) >= 11 is 0. The highest BCUT2D eigenvalue weighted by molar-refractivity contribution is 5.89. The Bertz CT molecular complexity index is 1170. The van der Waals surface area contributed by atoms with Crippen molar-refractivity contribution in [1.29, 1.82) is 0 Å². The topological polar surface area (TPSA) is 90.9 Å². The molecule has 4 rings (SSSR count). The third-order valence-corrected chi connectivity index (χ3v) is 7.46. The van der Waals surface area contributed by atoms with E-state index in [0.29, 0.717) is 19.7 Å². The van der Waals surface area contributed by atoms with E-state index in [1.807, 2.05) is 60.7 Å². The number of aliphatic hydroxyl groups is 1. The van der Waals surface area contributed by atoms with Crippen LogP contribution in [0.2, 0.25) is 0 Å². The Balaban J connectivity index is 1.43. The number of benzene rings is 3. The summed E-state index contributed by atoms with van der Waals surface area (Å²) in [7, 11) is 1.63. The van der Waals surface area contributed by atoms with Crippen LogP contribution in [0.15, 0.2) is 84.9 Å². The van der Waals surface area contributed by atoms with Crippen molar-refractivity contribution < 1.29 is 19.4 Å². The number of anilines is 1. The molecule has 3 unspecified atom stereocenters. The summed E-state index contributed by atoms with van der Waals surface area (Å²) < 4.78 is 5.23. The Morgan fingerprint density at radius 1 is 0.949 bits per heavy atom. The number of para-hydroxylation sites is 1. The molecule has 1 aliphatic carbocycles. The molecule has 0 saturated heterocycles. The van der Waals surface area contributed by atoms with E-state index >= 15 is 0 Å². The molecule has 3 N–H and O–H groups in total. The lowest BCUT2D eigenvalue weighted by atomic mass is 9.74. The minimum atomic E-state index is -0.413. The van der Waals surface area contributed by atoms with Gasteiger partial charge in [0, 0.05) is 31.8 Å². The molecule has 1 aliphatic rings. The van der Waals surface area contributed by atoms with Crippen molar-refractivity contribution in [1.82, 2.24) is 10.2 Å². The van der Waals surface area contributed by atoms with E-state index in [1.54, 1.807) is 12.0 Å². The molecule has 0 aliphatic heterocycles. The Morgan fingerprint density at radius 3 is 2.28 bits per heavy atom. The van der Waals surface area contributed by atoms with Crippen LogP contribution in [0.1, 0.15) is 54.3 Å². The normalized spacial score (nSPS) is 17.7. The molecule has 7 nitrogen and oxygen atoms in total. The maximum atomic E-state index is 13.4. The zero-order chi connectivity index (χ0) is 27.5. The van der Waals surface area contributed by atoms with Crippen molar-refractivity contribution in [2.24, 2.45) is 5.92 Å². The van der Waals surface area contributed by atoms with Crippen molar-refractivity contribution >= 4 is 17.6 Å². The number of nitrogens with zero attached hydrogens (tertiary/aromatic N) is 1. The van der Waals surface area contributed by atoms with Gasteiger partial charge < -0.3 is 25.4 Å². The number of aliphatic hydroxyl groups excluding tert-OH is 1. The van der Waals surface area contributed by atoms with Gasteiger partial charge in [-0.25, -0.2) is 4.79 Å². The Hall–Kier alpha value is -3.68. The molecular formula is C32H39N3O4. The molecule has 1 saturated carbocycles. The first-order valence-electron chi connectivity index (χ1n) is 13.7. The van der Waals surface area contributed by atoms with Crippen LogP contribution in [0.25, 0.3) is 0 Å². The molecule has 0 aromatic heterocycles. The van der Waals surface area contributed by atoms with Crippen LogP contribution < -0.4 is 10.6 Å². The molecule has 0 heterocycles. The average Bonchev–Trinajstić information content (AvgIpc) is 2.99. The van der Waals surface area contributed by atoms with Gasteiger partial charge in [-0.3, -0.25) is 4.79 Å². The lowest BCUT2D eigenvalue weighted by Gasteiger charge is -2.32. The fourth-order valence-electron chi connectivity index (χ4n) is 5.31. The summed E-state index contributed by atoms with van der Waals surface area (Å²) in [4.78, 5) is 28.1. The zero-order valence-corrected chi connectivity index (χ0v) is 22.6. The number of carbonyl (C=O) groups is 2. The van der Waals surface area contributed by atoms with E-state index in [1.165, 1.54) is 0 Å². The number of hydrogen-bond donors (Lipinski definition) is 3. The Kier molecular flexibility index (Phi) is 10.5. The maximum Gasteiger partial charge on any atom is 0.322 e. The van der Waals surface area contributed by atoms with E-state index in [9.17, 15) is 14.7 Å².